The van der Waals surface area contributed by atoms with Gasteiger partial charge in [-0.05, 0) is 44.9 Å². The summed E-state index contributed by atoms with van der Waals surface area (Å²) in [6.45, 7) is 6.97. The largest absolute Gasteiger partial charge is 0.375 e. The first kappa shape index (κ1) is 12.6. The van der Waals surface area contributed by atoms with Gasteiger partial charge in [-0.15, -0.1) is 0 Å². The standard InChI is InChI=1S/C14H20N2/c1-12-6-5-7-13(10-12)16(4)9-8-14(2,3)11-15/h5-7,10H,8-9H2,1-4H3. The van der Waals surface area contributed by atoms with Gasteiger partial charge in [-0.1, -0.05) is 12.1 Å². The summed E-state index contributed by atoms with van der Waals surface area (Å²) in [6, 6.07) is 10.8. The van der Waals surface area contributed by atoms with Gasteiger partial charge in [-0.2, -0.15) is 5.26 Å². The van der Waals surface area contributed by atoms with Crippen molar-refractivity contribution in [2.45, 2.75) is 27.2 Å². The molecule has 0 atom stereocenters. The van der Waals surface area contributed by atoms with Crippen LogP contribution >= 0.6 is 0 Å². The molecule has 1 aromatic carbocycles. The van der Waals surface area contributed by atoms with E-state index in [-0.39, 0.29) is 5.41 Å². The van der Waals surface area contributed by atoms with Crippen molar-refractivity contribution < 1.29 is 0 Å². The Balaban J connectivity index is 2.60. The predicted molar refractivity (Wildman–Crippen MR) is 68.5 cm³/mol. The van der Waals surface area contributed by atoms with Gasteiger partial charge in [0.15, 0.2) is 0 Å². The molecule has 0 aliphatic carbocycles. The van der Waals surface area contributed by atoms with Gasteiger partial charge in [0.2, 0.25) is 0 Å². The number of aryl methyl sites for hydroxylation is 1. The van der Waals surface area contributed by atoms with Crippen molar-refractivity contribution in [1.29, 1.82) is 5.26 Å². The zero-order valence-electron chi connectivity index (χ0n) is 10.6. The first-order valence-corrected chi connectivity index (χ1v) is 5.64. The van der Waals surface area contributed by atoms with Gasteiger partial charge >= 0.3 is 0 Å². The minimum Gasteiger partial charge on any atom is -0.375 e. The molecule has 0 aromatic heterocycles. The molecule has 1 rings (SSSR count). The number of nitriles is 1. The van der Waals surface area contributed by atoms with E-state index >= 15 is 0 Å². The summed E-state index contributed by atoms with van der Waals surface area (Å²) in [4.78, 5) is 2.20. The lowest BCUT2D eigenvalue weighted by Crippen LogP contribution is -2.23. The fraction of sp³-hybridized carbons (Fsp3) is 0.500. The van der Waals surface area contributed by atoms with Gasteiger partial charge in [-0.3, -0.25) is 0 Å². The molecule has 0 saturated heterocycles. The van der Waals surface area contributed by atoms with E-state index in [9.17, 15) is 0 Å². The smallest absolute Gasteiger partial charge is 0.0684 e. The molecule has 0 bridgehead atoms. The first-order chi connectivity index (χ1) is 7.44. The van der Waals surface area contributed by atoms with Crippen molar-refractivity contribution >= 4 is 5.69 Å². The van der Waals surface area contributed by atoms with Gasteiger partial charge in [-0.25, -0.2) is 0 Å². The number of nitrogens with zero attached hydrogens (tertiary/aromatic N) is 2. The van der Waals surface area contributed by atoms with Gasteiger partial charge in [0.25, 0.3) is 0 Å². The Hall–Kier alpha value is -1.49. The second-order valence-corrected chi connectivity index (χ2v) is 5.01. The normalized spacial score (nSPS) is 10.9. The summed E-state index contributed by atoms with van der Waals surface area (Å²) in [6.07, 6.45) is 0.883. The summed E-state index contributed by atoms with van der Waals surface area (Å²) >= 11 is 0. The Morgan fingerprint density at radius 2 is 2.06 bits per heavy atom. The summed E-state index contributed by atoms with van der Waals surface area (Å²) < 4.78 is 0. The molecule has 86 valence electrons. The average molecular weight is 216 g/mol. The Labute approximate surface area is 98.5 Å². The summed E-state index contributed by atoms with van der Waals surface area (Å²) in [5, 5.41) is 8.95. The third kappa shape index (κ3) is 3.58. The third-order valence-electron chi connectivity index (χ3n) is 2.82. The van der Waals surface area contributed by atoms with Crippen LogP contribution in [0.5, 0.6) is 0 Å². The van der Waals surface area contributed by atoms with Crippen LogP contribution in [0.1, 0.15) is 25.8 Å². The lowest BCUT2D eigenvalue weighted by Gasteiger charge is -2.23. The van der Waals surface area contributed by atoms with Crippen molar-refractivity contribution in [2.75, 3.05) is 18.5 Å². The highest BCUT2D eigenvalue weighted by atomic mass is 15.1. The number of benzene rings is 1. The molecular weight excluding hydrogens is 196 g/mol. The monoisotopic (exact) mass is 216 g/mol. The number of hydrogen-bond donors (Lipinski definition) is 0. The van der Waals surface area contributed by atoms with Gasteiger partial charge in [0.1, 0.15) is 0 Å². The number of anilines is 1. The average Bonchev–Trinajstić information content (AvgIpc) is 2.26. The molecule has 0 fully saturated rings. The van der Waals surface area contributed by atoms with E-state index in [1.165, 1.54) is 11.3 Å². The zero-order valence-corrected chi connectivity index (χ0v) is 10.6. The van der Waals surface area contributed by atoms with Gasteiger partial charge < -0.3 is 4.90 Å². The van der Waals surface area contributed by atoms with E-state index in [2.05, 4.69) is 49.2 Å². The summed E-state index contributed by atoms with van der Waals surface area (Å²) in [7, 11) is 2.07. The minimum atomic E-state index is -0.238. The molecule has 1 aromatic rings. The summed E-state index contributed by atoms with van der Waals surface area (Å²) in [5.41, 5.74) is 2.25. The van der Waals surface area contributed by atoms with E-state index in [1.54, 1.807) is 0 Å². The van der Waals surface area contributed by atoms with Crippen LogP contribution in [-0.4, -0.2) is 13.6 Å². The Bertz CT molecular complexity index is 388. The lowest BCUT2D eigenvalue weighted by atomic mass is 9.91. The van der Waals surface area contributed by atoms with E-state index in [4.69, 9.17) is 5.26 Å². The van der Waals surface area contributed by atoms with Gasteiger partial charge in [0, 0.05) is 19.3 Å². The van der Waals surface area contributed by atoms with Crippen LogP contribution in [0, 0.1) is 23.7 Å². The predicted octanol–water partition coefficient (Wildman–Crippen LogP) is 3.37. The molecule has 0 amide bonds. The molecule has 0 aliphatic heterocycles. The second kappa shape index (κ2) is 5.03. The maximum Gasteiger partial charge on any atom is 0.0684 e. The lowest BCUT2D eigenvalue weighted by molar-refractivity contribution is 0.455. The first-order valence-electron chi connectivity index (χ1n) is 5.64. The number of hydrogen-bond acceptors (Lipinski definition) is 2. The van der Waals surface area contributed by atoms with Crippen molar-refractivity contribution in [1.82, 2.24) is 0 Å². The Morgan fingerprint density at radius 3 is 2.62 bits per heavy atom. The Morgan fingerprint density at radius 1 is 1.38 bits per heavy atom. The van der Waals surface area contributed by atoms with Crippen LogP contribution in [0.2, 0.25) is 0 Å². The van der Waals surface area contributed by atoms with E-state index in [0.717, 1.165) is 13.0 Å². The summed E-state index contributed by atoms with van der Waals surface area (Å²) in [5.74, 6) is 0. The molecule has 2 nitrogen and oxygen atoms in total. The molecule has 16 heavy (non-hydrogen) atoms. The van der Waals surface area contributed by atoms with Crippen molar-refractivity contribution in [3.05, 3.63) is 29.8 Å². The molecule has 2 heteroatoms. The van der Waals surface area contributed by atoms with E-state index < -0.39 is 0 Å². The molecule has 0 aliphatic rings. The number of rotatable bonds is 4. The van der Waals surface area contributed by atoms with Crippen LogP contribution < -0.4 is 4.90 Å². The SMILES string of the molecule is Cc1cccc(N(C)CCC(C)(C)C#N)c1. The van der Waals surface area contributed by atoms with Crippen LogP contribution in [0.3, 0.4) is 0 Å². The second-order valence-electron chi connectivity index (χ2n) is 5.01. The molecule has 0 saturated carbocycles. The highest BCUT2D eigenvalue weighted by molar-refractivity contribution is 5.47. The quantitative estimate of drug-likeness (QED) is 0.771. The molecule has 0 unspecified atom stereocenters. The van der Waals surface area contributed by atoms with E-state index in [0.29, 0.717) is 0 Å². The fourth-order valence-corrected chi connectivity index (χ4v) is 1.50. The zero-order chi connectivity index (χ0) is 12.2. The molecule has 0 radical (unpaired) electrons. The van der Waals surface area contributed by atoms with Crippen LogP contribution in [0.15, 0.2) is 24.3 Å². The Kier molecular flexibility index (Phi) is 3.95. The molecular formula is C14H20N2. The minimum absolute atomic E-state index is 0.238. The van der Waals surface area contributed by atoms with Crippen LogP contribution in [0.25, 0.3) is 0 Å². The maximum absolute atomic E-state index is 8.95. The maximum atomic E-state index is 8.95. The van der Waals surface area contributed by atoms with Crippen LogP contribution in [-0.2, 0) is 0 Å². The van der Waals surface area contributed by atoms with Gasteiger partial charge in [0.05, 0.1) is 11.5 Å². The van der Waals surface area contributed by atoms with E-state index in [1.807, 2.05) is 13.8 Å². The molecule has 0 N–H and O–H groups in total. The topological polar surface area (TPSA) is 27.0 Å². The molecule has 0 heterocycles. The highest BCUT2D eigenvalue weighted by Gasteiger charge is 2.17. The highest BCUT2D eigenvalue weighted by Crippen LogP contribution is 2.21. The fourth-order valence-electron chi connectivity index (χ4n) is 1.50. The van der Waals surface area contributed by atoms with Crippen LogP contribution in [0.4, 0.5) is 5.69 Å². The third-order valence-corrected chi connectivity index (χ3v) is 2.82. The van der Waals surface area contributed by atoms with Crippen molar-refractivity contribution in [3.8, 4) is 6.07 Å². The van der Waals surface area contributed by atoms with Crippen molar-refractivity contribution in [2.24, 2.45) is 5.41 Å². The van der Waals surface area contributed by atoms with Crippen molar-refractivity contribution in [3.63, 3.8) is 0 Å². The molecule has 0 spiro atoms.